The van der Waals surface area contributed by atoms with Crippen molar-refractivity contribution in [3.63, 3.8) is 0 Å². The Labute approximate surface area is 134 Å². The molecule has 0 spiro atoms. The van der Waals surface area contributed by atoms with Crippen LogP contribution in [-0.2, 0) is 6.42 Å². The van der Waals surface area contributed by atoms with Crippen LogP contribution in [0, 0.1) is 0 Å². The van der Waals surface area contributed by atoms with Crippen molar-refractivity contribution in [1.29, 1.82) is 0 Å². The Morgan fingerprint density at radius 3 is 2.48 bits per heavy atom. The number of nitrogens with one attached hydrogen (secondary N) is 1. The summed E-state index contributed by atoms with van der Waals surface area (Å²) in [5.74, 6) is 1.54. The van der Waals surface area contributed by atoms with E-state index in [1.54, 1.807) is 14.2 Å². The highest BCUT2D eigenvalue weighted by atomic mass is 79.9. The lowest BCUT2D eigenvalue weighted by Gasteiger charge is -2.21. The minimum atomic E-state index is 0.157. The molecule has 2 rings (SSSR count). The number of halogens is 1. The molecule has 0 aliphatic heterocycles. The molecule has 1 atom stereocenters. The quantitative estimate of drug-likeness (QED) is 0.855. The van der Waals surface area contributed by atoms with Gasteiger partial charge in [0.15, 0.2) is 11.5 Å². The van der Waals surface area contributed by atoms with E-state index in [1.807, 2.05) is 25.2 Å². The molecular formula is C17H20BrNO2. The minimum Gasteiger partial charge on any atom is -0.493 e. The molecule has 0 aliphatic carbocycles. The maximum Gasteiger partial charge on any atom is 0.165 e. The zero-order valence-corrected chi connectivity index (χ0v) is 14.1. The molecule has 0 saturated heterocycles. The van der Waals surface area contributed by atoms with E-state index < -0.39 is 0 Å². The number of rotatable bonds is 6. The van der Waals surface area contributed by atoms with E-state index in [2.05, 4.69) is 45.5 Å². The number of likely N-dealkylation sites (N-methyl/N-ethyl adjacent to an activating group) is 1. The lowest BCUT2D eigenvalue weighted by Crippen LogP contribution is -2.19. The van der Waals surface area contributed by atoms with Crippen molar-refractivity contribution in [1.82, 2.24) is 5.32 Å². The zero-order valence-electron chi connectivity index (χ0n) is 12.5. The Morgan fingerprint density at radius 2 is 1.86 bits per heavy atom. The average Bonchev–Trinajstić information content (AvgIpc) is 2.51. The third kappa shape index (κ3) is 3.77. The second kappa shape index (κ2) is 7.48. The Balaban J connectivity index is 2.33. The molecule has 0 fully saturated rings. The molecular weight excluding hydrogens is 330 g/mol. The molecule has 0 amide bonds. The lowest BCUT2D eigenvalue weighted by atomic mass is 9.98. The maximum atomic E-state index is 5.54. The second-order valence-electron chi connectivity index (χ2n) is 4.76. The highest BCUT2D eigenvalue weighted by Crippen LogP contribution is 2.35. The highest BCUT2D eigenvalue weighted by Gasteiger charge is 2.18. The van der Waals surface area contributed by atoms with Crippen LogP contribution < -0.4 is 14.8 Å². The van der Waals surface area contributed by atoms with Crippen LogP contribution in [0.3, 0.4) is 0 Å². The van der Waals surface area contributed by atoms with Gasteiger partial charge in [0, 0.05) is 16.1 Å². The van der Waals surface area contributed by atoms with Crippen molar-refractivity contribution in [2.75, 3.05) is 21.3 Å². The molecule has 4 heteroatoms. The fourth-order valence-electron chi connectivity index (χ4n) is 2.45. The third-order valence-electron chi connectivity index (χ3n) is 3.49. The van der Waals surface area contributed by atoms with Crippen molar-refractivity contribution in [2.24, 2.45) is 0 Å². The van der Waals surface area contributed by atoms with Crippen LogP contribution in [0.2, 0.25) is 0 Å². The largest absolute Gasteiger partial charge is 0.493 e. The minimum absolute atomic E-state index is 0.157. The average molecular weight is 350 g/mol. The second-order valence-corrected chi connectivity index (χ2v) is 5.67. The van der Waals surface area contributed by atoms with Gasteiger partial charge in [0.1, 0.15) is 0 Å². The van der Waals surface area contributed by atoms with Gasteiger partial charge in [0.25, 0.3) is 0 Å². The van der Waals surface area contributed by atoms with Crippen LogP contribution in [0.15, 0.2) is 46.9 Å². The Kier molecular flexibility index (Phi) is 5.65. The van der Waals surface area contributed by atoms with E-state index >= 15 is 0 Å². The van der Waals surface area contributed by atoms with Gasteiger partial charge < -0.3 is 14.8 Å². The molecule has 1 unspecified atom stereocenters. The van der Waals surface area contributed by atoms with Crippen molar-refractivity contribution in [3.8, 4) is 11.5 Å². The molecule has 3 nitrogen and oxygen atoms in total. The predicted octanol–water partition coefficient (Wildman–Crippen LogP) is 3.97. The summed E-state index contributed by atoms with van der Waals surface area (Å²) in [6, 6.07) is 14.5. The van der Waals surface area contributed by atoms with Crippen LogP contribution in [0.5, 0.6) is 11.5 Å². The first kappa shape index (κ1) is 15.9. The molecule has 1 N–H and O–H groups in total. The van der Waals surface area contributed by atoms with Gasteiger partial charge in [-0.3, -0.25) is 0 Å². The maximum absolute atomic E-state index is 5.54. The Hall–Kier alpha value is -1.52. The summed E-state index contributed by atoms with van der Waals surface area (Å²) >= 11 is 3.52. The molecule has 2 aromatic carbocycles. The van der Waals surface area contributed by atoms with Gasteiger partial charge in [-0.1, -0.05) is 40.2 Å². The van der Waals surface area contributed by atoms with E-state index in [4.69, 9.17) is 9.47 Å². The van der Waals surface area contributed by atoms with E-state index in [0.717, 1.165) is 28.0 Å². The summed E-state index contributed by atoms with van der Waals surface area (Å²) < 4.78 is 12.0. The van der Waals surface area contributed by atoms with Crippen LogP contribution in [0.4, 0.5) is 0 Å². The third-order valence-corrected chi connectivity index (χ3v) is 3.98. The van der Waals surface area contributed by atoms with Crippen molar-refractivity contribution < 1.29 is 9.47 Å². The molecule has 0 heterocycles. The van der Waals surface area contributed by atoms with Crippen LogP contribution in [0.1, 0.15) is 17.2 Å². The Morgan fingerprint density at radius 1 is 1.10 bits per heavy atom. The summed E-state index contributed by atoms with van der Waals surface area (Å²) in [6.07, 6.45) is 0.874. The van der Waals surface area contributed by atoms with Crippen molar-refractivity contribution >= 4 is 15.9 Å². The molecule has 0 radical (unpaired) electrons. The first-order valence-electron chi connectivity index (χ1n) is 6.82. The first-order valence-corrected chi connectivity index (χ1v) is 7.61. The van der Waals surface area contributed by atoms with Gasteiger partial charge in [-0.2, -0.15) is 0 Å². The topological polar surface area (TPSA) is 30.5 Å². The van der Waals surface area contributed by atoms with Gasteiger partial charge in [-0.15, -0.1) is 0 Å². The highest BCUT2D eigenvalue weighted by molar-refractivity contribution is 9.10. The van der Waals surface area contributed by atoms with Gasteiger partial charge in [0.05, 0.1) is 14.2 Å². The normalized spacial score (nSPS) is 12.0. The van der Waals surface area contributed by atoms with E-state index in [-0.39, 0.29) is 6.04 Å². The fraction of sp³-hybridized carbons (Fsp3) is 0.294. The van der Waals surface area contributed by atoms with Gasteiger partial charge >= 0.3 is 0 Å². The summed E-state index contributed by atoms with van der Waals surface area (Å²) in [7, 11) is 5.29. The smallest absolute Gasteiger partial charge is 0.165 e. The first-order chi connectivity index (χ1) is 10.2. The van der Waals surface area contributed by atoms with E-state index in [9.17, 15) is 0 Å². The van der Waals surface area contributed by atoms with Gasteiger partial charge in [-0.05, 0) is 37.2 Å². The van der Waals surface area contributed by atoms with Crippen LogP contribution in [-0.4, -0.2) is 21.3 Å². The number of para-hydroxylation sites is 1. The van der Waals surface area contributed by atoms with Gasteiger partial charge in [-0.25, -0.2) is 0 Å². The fourth-order valence-corrected chi connectivity index (χ4v) is 2.90. The van der Waals surface area contributed by atoms with E-state index in [1.165, 1.54) is 5.56 Å². The molecule has 0 aliphatic rings. The van der Waals surface area contributed by atoms with Gasteiger partial charge in [0.2, 0.25) is 0 Å². The summed E-state index contributed by atoms with van der Waals surface area (Å²) in [4.78, 5) is 0. The molecule has 112 valence electrons. The molecule has 0 bridgehead atoms. The number of ether oxygens (including phenoxy) is 2. The van der Waals surface area contributed by atoms with Crippen molar-refractivity contribution in [3.05, 3.63) is 58.1 Å². The predicted molar refractivity (Wildman–Crippen MR) is 89.2 cm³/mol. The SMILES string of the molecule is CNC(Cc1cccc(Br)c1)c1cccc(OC)c1OC. The summed E-state index contributed by atoms with van der Waals surface area (Å²) in [5.41, 5.74) is 2.35. The molecule has 21 heavy (non-hydrogen) atoms. The monoisotopic (exact) mass is 349 g/mol. The van der Waals surface area contributed by atoms with Crippen LogP contribution in [0.25, 0.3) is 0 Å². The number of hydrogen-bond donors (Lipinski definition) is 1. The summed E-state index contributed by atoms with van der Waals surface area (Å²) in [6.45, 7) is 0. The molecule has 0 aromatic heterocycles. The zero-order chi connectivity index (χ0) is 15.2. The summed E-state index contributed by atoms with van der Waals surface area (Å²) in [5, 5.41) is 3.36. The number of hydrogen-bond acceptors (Lipinski definition) is 3. The van der Waals surface area contributed by atoms with E-state index in [0.29, 0.717) is 0 Å². The lowest BCUT2D eigenvalue weighted by molar-refractivity contribution is 0.347. The molecule has 2 aromatic rings. The van der Waals surface area contributed by atoms with Crippen LogP contribution >= 0.6 is 15.9 Å². The number of benzene rings is 2. The standard InChI is InChI=1S/C17H20BrNO2/c1-19-15(11-12-6-4-7-13(18)10-12)14-8-5-9-16(20-2)17(14)21-3/h4-10,15,19H,11H2,1-3H3. The molecule has 0 saturated carbocycles. The number of methoxy groups -OCH3 is 2. The van der Waals surface area contributed by atoms with Crippen molar-refractivity contribution in [2.45, 2.75) is 12.5 Å². The Bertz CT molecular complexity index is 601.